The molecule has 0 aliphatic heterocycles. The van der Waals surface area contributed by atoms with E-state index in [1.807, 2.05) is 27.7 Å². The summed E-state index contributed by atoms with van der Waals surface area (Å²) in [6.07, 6.45) is 0.618. The number of nitrogens with one attached hydrogen (secondary N) is 1. The predicted molar refractivity (Wildman–Crippen MR) is 114 cm³/mol. The summed E-state index contributed by atoms with van der Waals surface area (Å²) in [6.45, 7) is 9.77. The van der Waals surface area contributed by atoms with Crippen molar-refractivity contribution in [3.63, 3.8) is 0 Å². The highest BCUT2D eigenvalue weighted by molar-refractivity contribution is 7.91. The van der Waals surface area contributed by atoms with Crippen molar-refractivity contribution in [1.82, 2.24) is 15.1 Å². The van der Waals surface area contributed by atoms with Crippen LogP contribution in [0.4, 0.5) is 0 Å². The van der Waals surface area contributed by atoms with E-state index >= 15 is 0 Å². The number of amides is 1. The highest BCUT2D eigenvalue weighted by Crippen LogP contribution is 2.12. The molecule has 1 aromatic carbocycles. The van der Waals surface area contributed by atoms with Gasteiger partial charge in [0.25, 0.3) is 0 Å². The van der Waals surface area contributed by atoms with Crippen LogP contribution < -0.4 is 5.32 Å². The van der Waals surface area contributed by atoms with Crippen LogP contribution in [0.5, 0.6) is 0 Å². The molecule has 8 heteroatoms. The van der Waals surface area contributed by atoms with Gasteiger partial charge in [-0.1, -0.05) is 25.1 Å². The van der Waals surface area contributed by atoms with E-state index in [1.54, 1.807) is 47.2 Å². The Morgan fingerprint density at radius 2 is 1.71 bits per heavy atom. The van der Waals surface area contributed by atoms with E-state index in [1.165, 1.54) is 0 Å². The Morgan fingerprint density at radius 1 is 1.11 bits per heavy atom. The average molecular weight is 411 g/mol. The summed E-state index contributed by atoms with van der Waals surface area (Å²) < 4.78 is 25.4. The van der Waals surface area contributed by atoms with E-state index in [4.69, 9.17) is 0 Å². The highest BCUT2D eigenvalue weighted by Gasteiger charge is 2.23. The third-order valence-corrected chi connectivity index (χ3v) is 6.34. The molecule has 1 amide bonds. The largest absolute Gasteiger partial charge is 0.352 e. The molecule has 0 fully saturated rings. The molecular formula is C20H34N4O3S. The lowest BCUT2D eigenvalue weighted by Gasteiger charge is -2.28. The van der Waals surface area contributed by atoms with E-state index in [9.17, 15) is 13.2 Å². The van der Waals surface area contributed by atoms with Gasteiger partial charge in [-0.25, -0.2) is 8.42 Å². The molecule has 28 heavy (non-hydrogen) atoms. The Hall–Kier alpha value is -2.09. The van der Waals surface area contributed by atoms with Crippen molar-refractivity contribution in [3.8, 4) is 0 Å². The molecule has 0 spiro atoms. The van der Waals surface area contributed by atoms with Crippen LogP contribution in [0.25, 0.3) is 0 Å². The Kier molecular flexibility index (Phi) is 9.99. The topological polar surface area (TPSA) is 82.1 Å². The summed E-state index contributed by atoms with van der Waals surface area (Å²) in [5, 5.41) is 3.24. The standard InChI is InChI=1S/C20H34N4O3S/c1-6-17(16-28(26,27)18-13-11-10-12-14-18)22-20(21-7-2)23(5)15-19(25)24(8-3)9-4/h10-14,17H,6-9,15-16H2,1-5H3,(H,21,22). The minimum atomic E-state index is -3.41. The summed E-state index contributed by atoms with van der Waals surface area (Å²) >= 11 is 0. The molecule has 0 saturated heterocycles. The number of benzene rings is 1. The maximum atomic E-state index is 12.7. The minimum absolute atomic E-state index is 0.0167. The van der Waals surface area contributed by atoms with Gasteiger partial charge in [0.1, 0.15) is 0 Å². The summed E-state index contributed by atoms with van der Waals surface area (Å²) in [6, 6.07) is 8.15. The van der Waals surface area contributed by atoms with Gasteiger partial charge in [-0.3, -0.25) is 9.79 Å². The van der Waals surface area contributed by atoms with Crippen molar-refractivity contribution in [2.45, 2.75) is 45.1 Å². The molecule has 1 N–H and O–H groups in total. The summed E-state index contributed by atoms with van der Waals surface area (Å²) in [5.74, 6) is 0.523. The zero-order chi connectivity index (χ0) is 21.2. The number of nitrogens with zero attached hydrogens (tertiary/aromatic N) is 3. The van der Waals surface area contributed by atoms with Crippen molar-refractivity contribution in [3.05, 3.63) is 30.3 Å². The zero-order valence-electron chi connectivity index (χ0n) is 17.7. The number of aliphatic imine (C=N–C) groups is 1. The fraction of sp³-hybridized carbons (Fsp3) is 0.600. The first kappa shape index (κ1) is 23.9. The van der Waals surface area contributed by atoms with E-state index in [0.717, 1.165) is 0 Å². The molecule has 7 nitrogen and oxygen atoms in total. The molecule has 0 aromatic heterocycles. The van der Waals surface area contributed by atoms with Gasteiger partial charge in [0, 0.05) is 32.7 Å². The lowest BCUT2D eigenvalue weighted by atomic mass is 10.2. The fourth-order valence-electron chi connectivity index (χ4n) is 2.81. The predicted octanol–water partition coefficient (Wildman–Crippen LogP) is 2.00. The van der Waals surface area contributed by atoms with Crippen molar-refractivity contribution < 1.29 is 13.2 Å². The van der Waals surface area contributed by atoms with Gasteiger partial charge in [-0.05, 0) is 39.3 Å². The number of carbonyl (C=O) groups excluding carboxylic acids is 1. The van der Waals surface area contributed by atoms with Gasteiger partial charge in [-0.15, -0.1) is 0 Å². The van der Waals surface area contributed by atoms with Gasteiger partial charge >= 0.3 is 0 Å². The molecule has 0 saturated carbocycles. The first-order valence-corrected chi connectivity index (χ1v) is 11.5. The smallest absolute Gasteiger partial charge is 0.242 e. The number of rotatable bonds is 10. The Labute approximate surface area is 169 Å². The first-order chi connectivity index (χ1) is 13.3. The molecule has 1 rings (SSSR count). The second kappa shape index (κ2) is 11.7. The number of likely N-dealkylation sites (N-methyl/N-ethyl adjacent to an activating group) is 2. The molecule has 0 aliphatic carbocycles. The molecular weight excluding hydrogens is 376 g/mol. The van der Waals surface area contributed by atoms with Crippen molar-refractivity contribution in [2.75, 3.05) is 39.0 Å². The van der Waals surface area contributed by atoms with Crippen LogP contribution in [0.15, 0.2) is 40.2 Å². The number of hydrogen-bond donors (Lipinski definition) is 1. The normalized spacial score (nSPS) is 13.1. The lowest BCUT2D eigenvalue weighted by Crippen LogP contribution is -2.50. The second-order valence-electron chi connectivity index (χ2n) is 6.56. The minimum Gasteiger partial charge on any atom is -0.352 e. The summed E-state index contributed by atoms with van der Waals surface area (Å²) in [7, 11) is -1.62. The SMILES string of the molecule is CCN=C(NC(CC)CS(=O)(=O)c1ccccc1)N(C)CC(=O)N(CC)CC. The third-order valence-electron chi connectivity index (χ3n) is 4.51. The first-order valence-electron chi connectivity index (χ1n) is 9.86. The number of sulfone groups is 1. The lowest BCUT2D eigenvalue weighted by molar-refractivity contribution is -0.131. The van der Waals surface area contributed by atoms with E-state index < -0.39 is 9.84 Å². The maximum absolute atomic E-state index is 12.7. The van der Waals surface area contributed by atoms with Gasteiger partial charge < -0.3 is 15.1 Å². The third kappa shape index (κ3) is 7.14. The van der Waals surface area contributed by atoms with E-state index in [0.29, 0.717) is 36.9 Å². The Bertz CT molecular complexity index is 731. The number of hydrogen-bond acceptors (Lipinski definition) is 4. The van der Waals surface area contributed by atoms with Crippen LogP contribution in [0.2, 0.25) is 0 Å². The Morgan fingerprint density at radius 3 is 2.21 bits per heavy atom. The van der Waals surface area contributed by atoms with Crippen molar-refractivity contribution in [1.29, 1.82) is 0 Å². The molecule has 1 atom stereocenters. The Balaban J connectivity index is 2.88. The molecule has 1 unspecified atom stereocenters. The molecule has 0 radical (unpaired) electrons. The summed E-state index contributed by atoms with van der Waals surface area (Å²) in [5.41, 5.74) is 0. The van der Waals surface area contributed by atoms with E-state index in [-0.39, 0.29) is 24.2 Å². The van der Waals surface area contributed by atoms with E-state index in [2.05, 4.69) is 10.3 Å². The van der Waals surface area contributed by atoms with Crippen molar-refractivity contribution in [2.24, 2.45) is 4.99 Å². The van der Waals surface area contributed by atoms with Crippen LogP contribution in [0.3, 0.4) is 0 Å². The molecule has 158 valence electrons. The van der Waals surface area contributed by atoms with Crippen LogP contribution >= 0.6 is 0 Å². The highest BCUT2D eigenvalue weighted by atomic mass is 32.2. The average Bonchev–Trinajstić information content (AvgIpc) is 2.68. The molecule has 0 aliphatic rings. The zero-order valence-corrected chi connectivity index (χ0v) is 18.5. The van der Waals surface area contributed by atoms with Crippen LogP contribution in [0.1, 0.15) is 34.1 Å². The maximum Gasteiger partial charge on any atom is 0.242 e. The van der Waals surface area contributed by atoms with Crippen molar-refractivity contribution >= 4 is 21.7 Å². The van der Waals surface area contributed by atoms with Crippen LogP contribution in [0, 0.1) is 0 Å². The fourth-order valence-corrected chi connectivity index (χ4v) is 4.43. The molecule has 0 bridgehead atoms. The van der Waals surface area contributed by atoms with Gasteiger partial charge in [0.2, 0.25) is 5.91 Å². The molecule has 0 heterocycles. The molecule has 1 aromatic rings. The number of carbonyl (C=O) groups is 1. The van der Waals surface area contributed by atoms with Crippen LogP contribution in [-0.2, 0) is 14.6 Å². The van der Waals surface area contributed by atoms with Gasteiger partial charge in [0.05, 0.1) is 17.2 Å². The van der Waals surface area contributed by atoms with Crippen LogP contribution in [-0.4, -0.2) is 75.1 Å². The van der Waals surface area contributed by atoms with Gasteiger partial charge in [-0.2, -0.15) is 0 Å². The van der Waals surface area contributed by atoms with Gasteiger partial charge in [0.15, 0.2) is 15.8 Å². The number of guanidine groups is 1. The quantitative estimate of drug-likeness (QED) is 0.471. The monoisotopic (exact) mass is 410 g/mol. The summed E-state index contributed by atoms with van der Waals surface area (Å²) in [4.78, 5) is 20.7. The second-order valence-corrected chi connectivity index (χ2v) is 8.60.